The molecule has 2 N–H and O–H groups in total. The number of carbonyl (C=O) groups excluding carboxylic acids is 2. The average molecular weight is 529 g/mol. The molecule has 2 amide bonds. The number of carbonyl (C=O) groups is 2. The average Bonchev–Trinajstić information content (AvgIpc) is 2.74. The third kappa shape index (κ3) is 7.57. The summed E-state index contributed by atoms with van der Waals surface area (Å²) >= 11 is 15.1. The summed E-state index contributed by atoms with van der Waals surface area (Å²) < 4.78 is 11.6. The van der Waals surface area contributed by atoms with E-state index < -0.39 is 0 Å². The van der Waals surface area contributed by atoms with Gasteiger partial charge in [-0.25, -0.2) is 5.43 Å². The van der Waals surface area contributed by atoms with E-state index in [4.69, 9.17) is 32.7 Å². The van der Waals surface area contributed by atoms with Gasteiger partial charge in [-0.3, -0.25) is 9.59 Å². The Morgan fingerprint density at radius 3 is 2.68 bits per heavy atom. The van der Waals surface area contributed by atoms with Gasteiger partial charge in [0.25, 0.3) is 5.91 Å². The van der Waals surface area contributed by atoms with Crippen molar-refractivity contribution in [3.05, 3.63) is 68.6 Å². The Morgan fingerprint density at radius 2 is 2.00 bits per heavy atom. The second kappa shape index (κ2) is 12.3. The zero-order valence-electron chi connectivity index (χ0n) is 16.6. The predicted molar refractivity (Wildman–Crippen MR) is 126 cm³/mol. The first-order chi connectivity index (χ1) is 14.8. The minimum atomic E-state index is -0.359. The van der Waals surface area contributed by atoms with E-state index in [0.717, 1.165) is 0 Å². The molecule has 0 atom stereocenters. The van der Waals surface area contributed by atoms with Gasteiger partial charge >= 0.3 is 0 Å². The van der Waals surface area contributed by atoms with E-state index in [1.165, 1.54) is 25.5 Å². The summed E-state index contributed by atoms with van der Waals surface area (Å²) in [6.07, 6.45) is 3.15. The van der Waals surface area contributed by atoms with Gasteiger partial charge in [-0.1, -0.05) is 35.9 Å². The van der Waals surface area contributed by atoms with Crippen LogP contribution in [0.2, 0.25) is 10.0 Å². The van der Waals surface area contributed by atoms with Gasteiger partial charge in [0, 0.05) is 18.5 Å². The first-order valence-electron chi connectivity index (χ1n) is 9.02. The molecule has 0 radical (unpaired) electrons. The van der Waals surface area contributed by atoms with E-state index in [9.17, 15) is 9.59 Å². The van der Waals surface area contributed by atoms with Gasteiger partial charge < -0.3 is 14.8 Å². The number of rotatable bonds is 10. The molecule has 0 aliphatic rings. The van der Waals surface area contributed by atoms with Crippen LogP contribution in [0.25, 0.3) is 0 Å². The summed E-state index contributed by atoms with van der Waals surface area (Å²) in [6, 6.07) is 8.04. The van der Waals surface area contributed by atoms with Crippen LogP contribution in [0.1, 0.15) is 22.3 Å². The molecule has 0 heterocycles. The number of ether oxygens (including phenoxy) is 2. The van der Waals surface area contributed by atoms with E-state index in [0.29, 0.717) is 38.7 Å². The van der Waals surface area contributed by atoms with Crippen molar-refractivity contribution >= 4 is 57.2 Å². The van der Waals surface area contributed by atoms with Crippen molar-refractivity contribution in [2.24, 2.45) is 5.10 Å². The maximum atomic E-state index is 12.1. The van der Waals surface area contributed by atoms with Crippen molar-refractivity contribution < 1.29 is 19.1 Å². The maximum absolute atomic E-state index is 12.1. The molecule has 10 heteroatoms. The van der Waals surface area contributed by atoms with Gasteiger partial charge in [0.2, 0.25) is 5.91 Å². The number of nitrogens with one attached hydrogen (secondary N) is 2. The lowest BCUT2D eigenvalue weighted by Crippen LogP contribution is -2.29. The van der Waals surface area contributed by atoms with E-state index >= 15 is 0 Å². The zero-order chi connectivity index (χ0) is 22.8. The molecular formula is C21H20BrCl2N3O4. The van der Waals surface area contributed by atoms with Gasteiger partial charge in [-0.05, 0) is 51.8 Å². The summed E-state index contributed by atoms with van der Waals surface area (Å²) in [5, 5.41) is 7.20. The van der Waals surface area contributed by atoms with Crippen molar-refractivity contribution in [2.75, 3.05) is 20.3 Å². The lowest BCUT2D eigenvalue weighted by atomic mass is 10.2. The topological polar surface area (TPSA) is 89.0 Å². The van der Waals surface area contributed by atoms with Crippen LogP contribution in [-0.4, -0.2) is 38.3 Å². The van der Waals surface area contributed by atoms with Crippen molar-refractivity contribution in [3.63, 3.8) is 0 Å². The van der Waals surface area contributed by atoms with E-state index in [2.05, 4.69) is 38.4 Å². The molecule has 0 bridgehead atoms. The lowest BCUT2D eigenvalue weighted by molar-refractivity contribution is -0.120. The molecule has 2 aromatic carbocycles. The van der Waals surface area contributed by atoms with Crippen molar-refractivity contribution in [1.29, 1.82) is 0 Å². The van der Waals surface area contributed by atoms with Crippen LogP contribution < -0.4 is 20.2 Å². The van der Waals surface area contributed by atoms with Gasteiger partial charge in [-0.15, -0.1) is 0 Å². The molecule has 0 saturated heterocycles. The fraction of sp³-hybridized carbons (Fsp3) is 0.190. The minimum Gasteiger partial charge on any atom is -0.493 e. The second-order valence-corrected chi connectivity index (χ2v) is 7.73. The number of hydrogen-bond donors (Lipinski definition) is 2. The Balaban J connectivity index is 1.85. The Bertz CT molecular complexity index is 999. The van der Waals surface area contributed by atoms with E-state index in [-0.39, 0.29) is 29.8 Å². The smallest absolute Gasteiger partial charge is 0.251 e. The van der Waals surface area contributed by atoms with Crippen LogP contribution in [0, 0.1) is 0 Å². The fourth-order valence-electron chi connectivity index (χ4n) is 2.36. The quantitative estimate of drug-likeness (QED) is 0.268. The number of halogens is 3. The van der Waals surface area contributed by atoms with Gasteiger partial charge in [0.05, 0.1) is 27.8 Å². The molecule has 2 rings (SSSR count). The molecule has 7 nitrogen and oxygen atoms in total. The molecule has 0 spiro atoms. The highest BCUT2D eigenvalue weighted by atomic mass is 79.9. The number of nitrogens with zero attached hydrogens (tertiary/aromatic N) is 1. The predicted octanol–water partition coefficient (Wildman–Crippen LogP) is 4.60. The highest BCUT2D eigenvalue weighted by molar-refractivity contribution is 9.10. The summed E-state index contributed by atoms with van der Waals surface area (Å²) in [5.74, 6) is 0.337. The first-order valence-corrected chi connectivity index (χ1v) is 10.6. The largest absolute Gasteiger partial charge is 0.493 e. The van der Waals surface area contributed by atoms with Gasteiger partial charge in [0.15, 0.2) is 11.5 Å². The summed E-state index contributed by atoms with van der Waals surface area (Å²) in [7, 11) is 1.53. The molecule has 0 aliphatic carbocycles. The third-order valence-electron chi connectivity index (χ3n) is 3.82. The van der Waals surface area contributed by atoms with Crippen LogP contribution in [0.15, 0.2) is 52.6 Å². The number of hydrazone groups is 1. The number of methoxy groups -OCH3 is 1. The standard InChI is InChI=1S/C21H20BrCl2N3O4/c1-3-8-31-20-15(22)9-13(10-18(20)30-2)12-26-27-19(28)6-7-25-21(29)14-4-5-16(23)17(24)11-14/h3-5,9-12H,1,6-8H2,2H3,(H,25,29)(H,27,28). The molecular weight excluding hydrogens is 509 g/mol. The Labute approximate surface area is 198 Å². The summed E-state index contributed by atoms with van der Waals surface area (Å²) in [5.41, 5.74) is 3.44. The maximum Gasteiger partial charge on any atom is 0.251 e. The van der Waals surface area contributed by atoms with Crippen LogP contribution in [0.3, 0.4) is 0 Å². The molecule has 2 aromatic rings. The minimum absolute atomic E-state index is 0.0474. The van der Waals surface area contributed by atoms with E-state index in [1.54, 1.807) is 24.3 Å². The summed E-state index contributed by atoms with van der Waals surface area (Å²) in [4.78, 5) is 24.0. The Hall–Kier alpha value is -2.55. The SMILES string of the molecule is C=CCOc1c(Br)cc(C=NNC(=O)CCNC(=O)c2ccc(Cl)c(Cl)c2)cc1OC. The van der Waals surface area contributed by atoms with Crippen LogP contribution in [0.5, 0.6) is 11.5 Å². The van der Waals surface area contributed by atoms with Crippen LogP contribution in [0.4, 0.5) is 0 Å². The van der Waals surface area contributed by atoms with E-state index in [1.807, 2.05) is 0 Å². The first kappa shape index (κ1) is 24.7. The zero-order valence-corrected chi connectivity index (χ0v) is 19.7. The highest BCUT2D eigenvalue weighted by Gasteiger charge is 2.11. The molecule has 31 heavy (non-hydrogen) atoms. The van der Waals surface area contributed by atoms with Crippen molar-refractivity contribution in [3.8, 4) is 11.5 Å². The van der Waals surface area contributed by atoms with Crippen LogP contribution >= 0.6 is 39.1 Å². The highest BCUT2D eigenvalue weighted by Crippen LogP contribution is 2.36. The molecule has 0 saturated carbocycles. The molecule has 0 aromatic heterocycles. The van der Waals surface area contributed by atoms with Gasteiger partial charge in [-0.2, -0.15) is 5.10 Å². The number of hydrogen-bond acceptors (Lipinski definition) is 5. The molecule has 0 unspecified atom stereocenters. The number of amides is 2. The normalized spacial score (nSPS) is 10.6. The Kier molecular flexibility index (Phi) is 9.84. The van der Waals surface area contributed by atoms with Crippen molar-refractivity contribution in [2.45, 2.75) is 6.42 Å². The fourth-order valence-corrected chi connectivity index (χ4v) is 3.23. The molecule has 0 fully saturated rings. The van der Waals surface area contributed by atoms with Crippen LogP contribution in [-0.2, 0) is 4.79 Å². The Morgan fingerprint density at radius 1 is 1.23 bits per heavy atom. The number of benzene rings is 2. The monoisotopic (exact) mass is 527 g/mol. The second-order valence-electron chi connectivity index (χ2n) is 6.06. The third-order valence-corrected chi connectivity index (χ3v) is 5.15. The van der Waals surface area contributed by atoms with Gasteiger partial charge in [0.1, 0.15) is 6.61 Å². The van der Waals surface area contributed by atoms with Crippen molar-refractivity contribution in [1.82, 2.24) is 10.7 Å². The lowest BCUT2D eigenvalue weighted by Gasteiger charge is -2.12. The molecule has 164 valence electrons. The molecule has 0 aliphatic heterocycles. The summed E-state index contributed by atoms with van der Waals surface area (Å²) in [6.45, 7) is 4.08.